The van der Waals surface area contributed by atoms with E-state index in [1.165, 1.54) is 0 Å². The molecule has 0 nitrogen and oxygen atoms in total. The zero-order valence-electron chi connectivity index (χ0n) is 3.67. The monoisotopic (exact) mass is 102 g/mol. The normalized spacial score (nSPS) is 23.7. The largest absolute Gasteiger partial charge is 0.309 e. The SMILES string of the molecule is FC1(F)C#CCC1. The van der Waals surface area contributed by atoms with Crippen molar-refractivity contribution in [2.24, 2.45) is 0 Å². The van der Waals surface area contributed by atoms with Crippen LogP contribution in [0.2, 0.25) is 0 Å². The van der Waals surface area contributed by atoms with Gasteiger partial charge in [0.15, 0.2) is 0 Å². The first kappa shape index (κ1) is 4.58. The Morgan fingerprint density at radius 3 is 2.29 bits per heavy atom. The zero-order valence-corrected chi connectivity index (χ0v) is 3.67. The third-order valence-corrected chi connectivity index (χ3v) is 0.835. The first-order valence-electron chi connectivity index (χ1n) is 2.09. The summed E-state index contributed by atoms with van der Waals surface area (Å²) in [4.78, 5) is 0. The molecule has 0 unspecified atom stereocenters. The second-order valence-electron chi connectivity index (χ2n) is 1.51. The van der Waals surface area contributed by atoms with Crippen molar-refractivity contribution in [2.45, 2.75) is 18.8 Å². The fraction of sp³-hybridized carbons (Fsp3) is 0.600. The molecule has 0 fully saturated rings. The van der Waals surface area contributed by atoms with Crippen molar-refractivity contribution in [3.05, 3.63) is 0 Å². The van der Waals surface area contributed by atoms with E-state index in [4.69, 9.17) is 0 Å². The first-order valence-corrected chi connectivity index (χ1v) is 2.09. The van der Waals surface area contributed by atoms with E-state index in [0.29, 0.717) is 6.42 Å². The van der Waals surface area contributed by atoms with Crippen LogP contribution in [0.15, 0.2) is 0 Å². The maximum Gasteiger partial charge on any atom is 0.309 e. The van der Waals surface area contributed by atoms with Gasteiger partial charge in [0.25, 0.3) is 0 Å². The summed E-state index contributed by atoms with van der Waals surface area (Å²) in [6.45, 7) is 0. The van der Waals surface area contributed by atoms with Gasteiger partial charge in [-0.3, -0.25) is 0 Å². The lowest BCUT2D eigenvalue weighted by Gasteiger charge is -1.98. The average Bonchev–Trinajstić information content (AvgIpc) is 1.84. The number of hydrogen-bond acceptors (Lipinski definition) is 0. The lowest BCUT2D eigenvalue weighted by molar-refractivity contribution is 0.0642. The molecule has 0 heterocycles. The van der Waals surface area contributed by atoms with Gasteiger partial charge in [-0.25, -0.2) is 0 Å². The van der Waals surface area contributed by atoms with Gasteiger partial charge in [-0.1, -0.05) is 5.92 Å². The van der Waals surface area contributed by atoms with Gasteiger partial charge in [0.05, 0.1) is 0 Å². The molecule has 0 saturated carbocycles. The third-order valence-electron chi connectivity index (χ3n) is 0.835. The summed E-state index contributed by atoms with van der Waals surface area (Å²) < 4.78 is 23.5. The summed E-state index contributed by atoms with van der Waals surface area (Å²) in [6.07, 6.45) is 0.250. The molecule has 0 saturated heterocycles. The minimum Gasteiger partial charge on any atom is -0.192 e. The summed E-state index contributed by atoms with van der Waals surface area (Å²) in [7, 11) is 0. The van der Waals surface area contributed by atoms with Crippen LogP contribution in [0.4, 0.5) is 8.78 Å². The van der Waals surface area contributed by atoms with Crippen molar-refractivity contribution in [3.63, 3.8) is 0 Å². The van der Waals surface area contributed by atoms with Crippen molar-refractivity contribution in [1.29, 1.82) is 0 Å². The van der Waals surface area contributed by atoms with E-state index >= 15 is 0 Å². The maximum absolute atomic E-state index is 11.8. The predicted molar refractivity (Wildman–Crippen MR) is 22.0 cm³/mol. The van der Waals surface area contributed by atoms with Gasteiger partial charge in [0.2, 0.25) is 0 Å². The summed E-state index contributed by atoms with van der Waals surface area (Å²) in [6, 6.07) is 0. The molecule has 1 rings (SSSR count). The molecule has 0 aromatic carbocycles. The summed E-state index contributed by atoms with van der Waals surface area (Å²) in [5, 5.41) is 0. The van der Waals surface area contributed by atoms with E-state index in [1.807, 2.05) is 5.92 Å². The Morgan fingerprint density at radius 1 is 1.43 bits per heavy atom. The van der Waals surface area contributed by atoms with Crippen molar-refractivity contribution in [2.75, 3.05) is 0 Å². The van der Waals surface area contributed by atoms with Gasteiger partial charge in [-0.2, -0.15) is 8.78 Å². The minimum atomic E-state index is -2.67. The van der Waals surface area contributed by atoms with E-state index in [-0.39, 0.29) is 6.42 Å². The van der Waals surface area contributed by atoms with Crippen LogP contribution in [0.1, 0.15) is 12.8 Å². The molecule has 0 bridgehead atoms. The Bertz CT molecular complexity index is 127. The number of hydrogen-bond donors (Lipinski definition) is 0. The van der Waals surface area contributed by atoms with Crippen molar-refractivity contribution in [1.82, 2.24) is 0 Å². The smallest absolute Gasteiger partial charge is 0.192 e. The molecule has 38 valence electrons. The average molecular weight is 102 g/mol. The summed E-state index contributed by atoms with van der Waals surface area (Å²) >= 11 is 0. The fourth-order valence-electron chi connectivity index (χ4n) is 0.474. The Morgan fingerprint density at radius 2 is 2.14 bits per heavy atom. The van der Waals surface area contributed by atoms with Crippen molar-refractivity contribution >= 4 is 0 Å². The van der Waals surface area contributed by atoms with Crippen LogP contribution in [0.5, 0.6) is 0 Å². The summed E-state index contributed by atoms with van der Waals surface area (Å²) in [5.41, 5.74) is 0. The molecule has 0 aliphatic heterocycles. The van der Waals surface area contributed by atoms with Gasteiger partial charge in [0, 0.05) is 12.8 Å². The fourth-order valence-corrected chi connectivity index (χ4v) is 0.474. The van der Waals surface area contributed by atoms with Gasteiger partial charge in [-0.05, 0) is 5.92 Å². The highest BCUT2D eigenvalue weighted by molar-refractivity contribution is 5.15. The highest BCUT2D eigenvalue weighted by Crippen LogP contribution is 2.22. The lowest BCUT2D eigenvalue weighted by atomic mass is 10.3. The minimum absolute atomic E-state index is 0.104. The molecule has 0 aromatic heterocycles. The Kier molecular flexibility index (Phi) is 0.780. The van der Waals surface area contributed by atoms with Crippen LogP contribution in [0, 0.1) is 11.8 Å². The maximum atomic E-state index is 11.8. The third kappa shape index (κ3) is 0.894. The van der Waals surface area contributed by atoms with E-state index in [2.05, 4.69) is 5.92 Å². The number of rotatable bonds is 0. The molecular weight excluding hydrogens is 98.1 g/mol. The molecule has 0 atom stereocenters. The van der Waals surface area contributed by atoms with Crippen LogP contribution in [0.25, 0.3) is 0 Å². The highest BCUT2D eigenvalue weighted by atomic mass is 19.3. The zero-order chi connectivity index (χ0) is 5.33. The molecule has 0 spiro atoms. The lowest BCUT2D eigenvalue weighted by Crippen LogP contribution is -2.06. The van der Waals surface area contributed by atoms with Crippen LogP contribution >= 0.6 is 0 Å². The standard InChI is InChI=1S/C5H4F2/c6-5(7)3-1-2-4-5/h1,3H2. The van der Waals surface area contributed by atoms with Crippen molar-refractivity contribution < 1.29 is 8.78 Å². The molecule has 0 N–H and O–H groups in total. The van der Waals surface area contributed by atoms with Gasteiger partial charge < -0.3 is 0 Å². The van der Waals surface area contributed by atoms with Gasteiger partial charge in [0.1, 0.15) is 0 Å². The van der Waals surface area contributed by atoms with Gasteiger partial charge >= 0.3 is 5.92 Å². The van der Waals surface area contributed by atoms with Crippen LogP contribution in [0.3, 0.4) is 0 Å². The van der Waals surface area contributed by atoms with Gasteiger partial charge in [-0.15, -0.1) is 0 Å². The Balaban J connectivity index is 2.64. The second-order valence-corrected chi connectivity index (χ2v) is 1.51. The molecule has 1 aliphatic carbocycles. The number of halogens is 2. The quantitative estimate of drug-likeness (QED) is 0.406. The second kappa shape index (κ2) is 1.19. The molecule has 0 aromatic rings. The van der Waals surface area contributed by atoms with E-state index < -0.39 is 5.92 Å². The Labute approximate surface area is 40.5 Å². The topological polar surface area (TPSA) is 0 Å². The first-order chi connectivity index (χ1) is 3.21. The van der Waals surface area contributed by atoms with E-state index in [1.54, 1.807) is 0 Å². The molecular formula is C5H4F2. The Hall–Kier alpha value is -0.580. The predicted octanol–water partition coefficient (Wildman–Crippen LogP) is 1.42. The summed E-state index contributed by atoms with van der Waals surface area (Å²) in [5.74, 6) is 1.46. The molecule has 7 heavy (non-hydrogen) atoms. The number of alkyl halides is 2. The van der Waals surface area contributed by atoms with Crippen LogP contribution in [-0.2, 0) is 0 Å². The molecule has 2 heteroatoms. The van der Waals surface area contributed by atoms with Crippen molar-refractivity contribution in [3.8, 4) is 11.8 Å². The molecule has 0 amide bonds. The van der Waals surface area contributed by atoms with E-state index in [0.717, 1.165) is 0 Å². The van der Waals surface area contributed by atoms with Crippen LogP contribution in [-0.4, -0.2) is 5.92 Å². The van der Waals surface area contributed by atoms with Crippen LogP contribution < -0.4 is 0 Å². The van der Waals surface area contributed by atoms with E-state index in [9.17, 15) is 8.78 Å². The molecule has 1 aliphatic rings. The molecule has 0 radical (unpaired) electrons. The highest BCUT2D eigenvalue weighted by Gasteiger charge is 2.27.